The Hall–Kier alpha value is -2.60. The summed E-state index contributed by atoms with van der Waals surface area (Å²) in [4.78, 5) is 16.7. The van der Waals surface area contributed by atoms with Gasteiger partial charge in [-0.3, -0.25) is 4.79 Å². The Morgan fingerprint density at radius 1 is 0.964 bits per heavy atom. The first-order valence-electron chi connectivity index (χ1n) is 9.89. The molecule has 3 rings (SSSR count). The summed E-state index contributed by atoms with van der Waals surface area (Å²) in [6, 6.07) is 14.8. The summed E-state index contributed by atoms with van der Waals surface area (Å²) in [5.74, 6) is -0.223. The zero-order valence-electron chi connectivity index (χ0n) is 16.5. The number of nitrogens with zero attached hydrogens (tertiary/aromatic N) is 2. The summed E-state index contributed by atoms with van der Waals surface area (Å²) >= 11 is 0. The lowest BCUT2D eigenvalue weighted by atomic mass is 10.1. The van der Waals surface area contributed by atoms with Crippen molar-refractivity contribution in [1.82, 2.24) is 10.2 Å². The molecule has 0 bridgehead atoms. The Bertz CT molecular complexity index is 740. The Morgan fingerprint density at radius 3 is 2.32 bits per heavy atom. The minimum absolute atomic E-state index is 0.0173. The molecular formula is C22H29FN4O. The fraction of sp³-hybridized carbons (Fsp3) is 0.409. The molecular weight excluding hydrogens is 355 g/mol. The van der Waals surface area contributed by atoms with E-state index in [0.717, 1.165) is 37.4 Å². The fourth-order valence-corrected chi connectivity index (χ4v) is 3.26. The van der Waals surface area contributed by atoms with Crippen LogP contribution in [0.25, 0.3) is 0 Å². The van der Waals surface area contributed by atoms with E-state index in [1.807, 2.05) is 0 Å². The predicted octanol–water partition coefficient (Wildman–Crippen LogP) is 2.74. The maximum atomic E-state index is 12.9. The molecule has 5 nitrogen and oxygen atoms in total. The van der Waals surface area contributed by atoms with Gasteiger partial charge in [0, 0.05) is 57.1 Å². The van der Waals surface area contributed by atoms with Crippen molar-refractivity contribution in [3.8, 4) is 0 Å². The first kappa shape index (κ1) is 20.1. The lowest BCUT2D eigenvalue weighted by molar-refractivity contribution is -0.120. The molecule has 6 heteroatoms. The number of carbonyl (C=O) groups is 1. The molecule has 2 aromatic rings. The van der Waals surface area contributed by atoms with Gasteiger partial charge in [-0.05, 0) is 55.4 Å². The van der Waals surface area contributed by atoms with Crippen molar-refractivity contribution < 1.29 is 9.18 Å². The van der Waals surface area contributed by atoms with E-state index in [1.165, 1.54) is 17.8 Å². The topological polar surface area (TPSA) is 47.6 Å². The van der Waals surface area contributed by atoms with Crippen LogP contribution in [-0.4, -0.2) is 57.1 Å². The number of amides is 1. The molecule has 0 saturated carbocycles. The average molecular weight is 384 g/mol. The van der Waals surface area contributed by atoms with Crippen LogP contribution in [0.5, 0.6) is 0 Å². The first-order chi connectivity index (χ1) is 13.6. The van der Waals surface area contributed by atoms with Gasteiger partial charge in [0.25, 0.3) is 0 Å². The van der Waals surface area contributed by atoms with Crippen LogP contribution in [0.3, 0.4) is 0 Å². The van der Waals surface area contributed by atoms with E-state index in [-0.39, 0.29) is 11.7 Å². The summed E-state index contributed by atoms with van der Waals surface area (Å²) in [5, 5.41) is 6.20. The Labute approximate surface area is 166 Å². The number of carbonyl (C=O) groups excluding carboxylic acids is 1. The highest BCUT2D eigenvalue weighted by molar-refractivity contribution is 5.76. The zero-order chi connectivity index (χ0) is 19.8. The summed E-state index contributed by atoms with van der Waals surface area (Å²) < 4.78 is 12.9. The second-order valence-electron chi connectivity index (χ2n) is 7.24. The minimum Gasteiger partial charge on any atom is -0.385 e. The number of benzene rings is 2. The molecule has 2 N–H and O–H groups in total. The van der Waals surface area contributed by atoms with Crippen LogP contribution in [0.2, 0.25) is 0 Å². The maximum absolute atomic E-state index is 12.9. The fourth-order valence-electron chi connectivity index (χ4n) is 3.26. The monoisotopic (exact) mass is 384 g/mol. The number of likely N-dealkylation sites (N-methyl/N-ethyl adjacent to an activating group) is 1. The number of hydrogen-bond acceptors (Lipinski definition) is 4. The highest BCUT2D eigenvalue weighted by Crippen LogP contribution is 2.19. The highest BCUT2D eigenvalue weighted by Gasteiger charge is 2.13. The number of hydrogen-bond donors (Lipinski definition) is 2. The number of rotatable bonds is 8. The van der Waals surface area contributed by atoms with Crippen molar-refractivity contribution in [2.75, 3.05) is 56.5 Å². The largest absolute Gasteiger partial charge is 0.385 e. The molecule has 0 aliphatic carbocycles. The third-order valence-corrected chi connectivity index (χ3v) is 5.07. The van der Waals surface area contributed by atoms with E-state index < -0.39 is 0 Å². The number of piperazine rings is 1. The minimum atomic E-state index is -0.240. The van der Waals surface area contributed by atoms with Crippen molar-refractivity contribution in [2.24, 2.45) is 0 Å². The smallest absolute Gasteiger partial charge is 0.221 e. The van der Waals surface area contributed by atoms with Crippen LogP contribution in [0.1, 0.15) is 12.0 Å². The molecule has 0 aromatic heterocycles. The van der Waals surface area contributed by atoms with Gasteiger partial charge in [0.1, 0.15) is 5.82 Å². The van der Waals surface area contributed by atoms with Crippen LogP contribution in [0.15, 0.2) is 48.5 Å². The number of halogens is 1. The zero-order valence-corrected chi connectivity index (χ0v) is 16.5. The van der Waals surface area contributed by atoms with Crippen molar-refractivity contribution in [2.45, 2.75) is 12.8 Å². The van der Waals surface area contributed by atoms with Gasteiger partial charge in [-0.15, -0.1) is 0 Å². The van der Waals surface area contributed by atoms with E-state index in [0.29, 0.717) is 25.9 Å². The Kier molecular flexibility index (Phi) is 7.25. The molecule has 0 spiro atoms. The van der Waals surface area contributed by atoms with Crippen molar-refractivity contribution >= 4 is 17.3 Å². The SMILES string of the molecule is CN1CCN(c2ccc(NCCC(=O)NCCc3ccc(F)cc3)cc2)CC1. The normalized spacial score (nSPS) is 14.7. The Morgan fingerprint density at radius 2 is 1.64 bits per heavy atom. The molecule has 1 fully saturated rings. The summed E-state index contributed by atoms with van der Waals surface area (Å²) in [6.45, 7) is 5.45. The maximum Gasteiger partial charge on any atom is 0.221 e. The van der Waals surface area contributed by atoms with Crippen LogP contribution >= 0.6 is 0 Å². The van der Waals surface area contributed by atoms with Gasteiger partial charge in [0.2, 0.25) is 5.91 Å². The summed E-state index contributed by atoms with van der Waals surface area (Å²) in [7, 11) is 2.16. The van der Waals surface area contributed by atoms with E-state index in [1.54, 1.807) is 12.1 Å². The van der Waals surface area contributed by atoms with Gasteiger partial charge in [0.15, 0.2) is 0 Å². The van der Waals surface area contributed by atoms with Gasteiger partial charge in [-0.2, -0.15) is 0 Å². The molecule has 1 saturated heterocycles. The lowest BCUT2D eigenvalue weighted by Crippen LogP contribution is -2.44. The third kappa shape index (κ3) is 6.23. The molecule has 0 unspecified atom stereocenters. The predicted molar refractivity (Wildman–Crippen MR) is 112 cm³/mol. The standard InChI is InChI=1S/C22H29FN4O/c1-26-14-16-27(17-15-26)21-8-6-20(7-9-21)24-13-11-22(28)25-12-10-18-2-4-19(23)5-3-18/h2-9,24H,10-17H2,1H3,(H,25,28). The van der Waals surface area contributed by atoms with Crippen LogP contribution in [0.4, 0.5) is 15.8 Å². The van der Waals surface area contributed by atoms with Crippen LogP contribution in [0, 0.1) is 5.82 Å². The molecule has 1 aliphatic rings. The van der Waals surface area contributed by atoms with Gasteiger partial charge in [-0.25, -0.2) is 4.39 Å². The van der Waals surface area contributed by atoms with E-state index in [4.69, 9.17) is 0 Å². The lowest BCUT2D eigenvalue weighted by Gasteiger charge is -2.34. The quantitative estimate of drug-likeness (QED) is 0.735. The number of nitrogens with one attached hydrogen (secondary N) is 2. The molecule has 28 heavy (non-hydrogen) atoms. The van der Waals surface area contributed by atoms with E-state index in [9.17, 15) is 9.18 Å². The molecule has 1 heterocycles. The summed E-state index contributed by atoms with van der Waals surface area (Å²) in [6.07, 6.45) is 1.12. The van der Waals surface area contributed by atoms with Gasteiger partial charge >= 0.3 is 0 Å². The van der Waals surface area contributed by atoms with Crippen molar-refractivity contribution in [1.29, 1.82) is 0 Å². The van der Waals surface area contributed by atoms with Gasteiger partial charge < -0.3 is 20.4 Å². The van der Waals surface area contributed by atoms with Crippen LogP contribution < -0.4 is 15.5 Å². The van der Waals surface area contributed by atoms with Crippen molar-refractivity contribution in [3.63, 3.8) is 0 Å². The first-order valence-corrected chi connectivity index (χ1v) is 9.89. The van der Waals surface area contributed by atoms with Gasteiger partial charge in [0.05, 0.1) is 0 Å². The van der Waals surface area contributed by atoms with E-state index >= 15 is 0 Å². The van der Waals surface area contributed by atoms with Crippen molar-refractivity contribution in [3.05, 3.63) is 59.9 Å². The molecule has 1 aliphatic heterocycles. The number of anilines is 2. The molecule has 2 aromatic carbocycles. The molecule has 0 atom stereocenters. The second kappa shape index (κ2) is 10.1. The van der Waals surface area contributed by atoms with E-state index in [2.05, 4.69) is 51.7 Å². The second-order valence-corrected chi connectivity index (χ2v) is 7.24. The molecule has 1 amide bonds. The van der Waals surface area contributed by atoms with Crippen LogP contribution in [-0.2, 0) is 11.2 Å². The molecule has 0 radical (unpaired) electrons. The highest BCUT2D eigenvalue weighted by atomic mass is 19.1. The average Bonchev–Trinajstić information content (AvgIpc) is 2.71. The van der Waals surface area contributed by atoms with Gasteiger partial charge in [-0.1, -0.05) is 12.1 Å². The summed E-state index contributed by atoms with van der Waals surface area (Å²) in [5.41, 5.74) is 3.29. The Balaban J connectivity index is 1.33. The molecule has 150 valence electrons. The third-order valence-electron chi connectivity index (χ3n) is 5.07.